The molecule has 0 heterocycles. The average Bonchev–Trinajstić information content (AvgIpc) is 1.98. The van der Waals surface area contributed by atoms with Crippen molar-refractivity contribution in [1.82, 2.24) is 0 Å². The molecule has 0 aromatic carbocycles. The molecular weight excluding hydrogens is 128 g/mol. The third-order valence-electron chi connectivity index (χ3n) is 1.42. The van der Waals surface area contributed by atoms with Gasteiger partial charge in [-0.1, -0.05) is 32.6 Å². The standard InChI is InChI=1S/C8H16O2/c1-2-3-4-5-6-8(10)7-9/h7-10H,1-6H2. The van der Waals surface area contributed by atoms with Crippen LogP contribution in [0.2, 0.25) is 0 Å². The summed E-state index contributed by atoms with van der Waals surface area (Å²) in [6.45, 7) is 4.54. The first kappa shape index (κ1) is 9.92. The van der Waals surface area contributed by atoms with Crippen molar-refractivity contribution in [2.24, 2.45) is 0 Å². The van der Waals surface area contributed by atoms with Gasteiger partial charge in [-0.2, -0.15) is 0 Å². The summed E-state index contributed by atoms with van der Waals surface area (Å²) >= 11 is 0. The number of aliphatic hydroxyl groups is 2. The molecule has 0 fully saturated rings. The highest BCUT2D eigenvalue weighted by atomic mass is 16.3. The molecule has 2 heteroatoms. The lowest BCUT2D eigenvalue weighted by Crippen LogP contribution is -2.05. The molecule has 0 aromatic rings. The van der Waals surface area contributed by atoms with Crippen molar-refractivity contribution >= 4 is 0 Å². The number of rotatable bonds is 6. The zero-order valence-electron chi connectivity index (χ0n) is 6.29. The molecule has 0 aliphatic carbocycles. The molecule has 0 bridgehead atoms. The Balaban J connectivity index is 2.89. The second-order valence-corrected chi connectivity index (χ2v) is 2.42. The summed E-state index contributed by atoms with van der Waals surface area (Å²) in [5.41, 5.74) is 0. The van der Waals surface area contributed by atoms with Crippen molar-refractivity contribution in [3.8, 4) is 0 Å². The summed E-state index contributed by atoms with van der Waals surface area (Å²) in [5, 5.41) is 17.1. The Bertz CT molecular complexity index is 64.3. The molecule has 1 atom stereocenters. The Labute approximate surface area is 62.9 Å². The van der Waals surface area contributed by atoms with Crippen LogP contribution in [0.3, 0.4) is 0 Å². The lowest BCUT2D eigenvalue weighted by molar-refractivity contribution is 0.134. The van der Waals surface area contributed by atoms with E-state index in [1.54, 1.807) is 0 Å². The van der Waals surface area contributed by atoms with Crippen molar-refractivity contribution in [3.05, 3.63) is 13.5 Å². The molecule has 0 saturated heterocycles. The molecule has 0 saturated carbocycles. The van der Waals surface area contributed by atoms with Crippen LogP contribution in [0.25, 0.3) is 0 Å². The van der Waals surface area contributed by atoms with Gasteiger partial charge < -0.3 is 10.2 Å². The third-order valence-corrected chi connectivity index (χ3v) is 1.42. The Hall–Kier alpha value is -0.0800. The van der Waals surface area contributed by atoms with Crippen molar-refractivity contribution in [3.63, 3.8) is 0 Å². The fourth-order valence-corrected chi connectivity index (χ4v) is 0.782. The molecule has 0 aliphatic heterocycles. The number of hydrogen-bond acceptors (Lipinski definition) is 2. The molecule has 2 N–H and O–H groups in total. The first-order valence-electron chi connectivity index (χ1n) is 3.76. The van der Waals surface area contributed by atoms with Gasteiger partial charge >= 0.3 is 0 Å². The van der Waals surface area contributed by atoms with Crippen LogP contribution < -0.4 is 0 Å². The molecule has 2 radical (unpaired) electrons. The van der Waals surface area contributed by atoms with Gasteiger partial charge in [0.15, 0.2) is 0 Å². The van der Waals surface area contributed by atoms with Crippen LogP contribution in [-0.2, 0) is 0 Å². The predicted molar refractivity (Wildman–Crippen MR) is 40.7 cm³/mol. The van der Waals surface area contributed by atoms with E-state index in [-0.39, 0.29) is 0 Å². The Morgan fingerprint density at radius 1 is 1.30 bits per heavy atom. The van der Waals surface area contributed by atoms with E-state index >= 15 is 0 Å². The summed E-state index contributed by atoms with van der Waals surface area (Å²) in [7, 11) is 0. The molecule has 0 amide bonds. The van der Waals surface area contributed by atoms with Gasteiger partial charge in [-0.3, -0.25) is 0 Å². The quantitative estimate of drug-likeness (QED) is 0.557. The van der Waals surface area contributed by atoms with E-state index in [1.165, 1.54) is 0 Å². The highest BCUT2D eigenvalue weighted by molar-refractivity contribution is 4.62. The maximum atomic E-state index is 8.84. The van der Waals surface area contributed by atoms with Crippen LogP contribution in [0.15, 0.2) is 0 Å². The van der Waals surface area contributed by atoms with E-state index in [1.807, 2.05) is 0 Å². The van der Waals surface area contributed by atoms with Crippen molar-refractivity contribution in [2.45, 2.75) is 38.2 Å². The molecule has 1 unspecified atom stereocenters. The highest BCUT2D eigenvalue weighted by Gasteiger charge is 2.00. The topological polar surface area (TPSA) is 40.5 Å². The molecule has 0 rings (SSSR count). The van der Waals surface area contributed by atoms with E-state index in [4.69, 9.17) is 10.2 Å². The van der Waals surface area contributed by atoms with Gasteiger partial charge in [0.1, 0.15) is 6.61 Å². The highest BCUT2D eigenvalue weighted by Crippen LogP contribution is 2.05. The second kappa shape index (κ2) is 7.03. The van der Waals surface area contributed by atoms with Gasteiger partial charge in [-0.25, -0.2) is 0 Å². The third kappa shape index (κ3) is 6.05. The minimum Gasteiger partial charge on any atom is -0.390 e. The van der Waals surface area contributed by atoms with Crippen molar-refractivity contribution in [2.75, 3.05) is 0 Å². The summed E-state index contributed by atoms with van der Waals surface area (Å²) in [6, 6.07) is 0. The van der Waals surface area contributed by atoms with E-state index in [9.17, 15) is 0 Å². The van der Waals surface area contributed by atoms with E-state index < -0.39 is 6.10 Å². The normalized spacial score (nSPS) is 13.5. The molecule has 0 spiro atoms. The van der Waals surface area contributed by atoms with E-state index in [2.05, 4.69) is 6.92 Å². The monoisotopic (exact) mass is 144 g/mol. The van der Waals surface area contributed by atoms with Crippen molar-refractivity contribution in [1.29, 1.82) is 0 Å². The van der Waals surface area contributed by atoms with Crippen molar-refractivity contribution < 1.29 is 10.2 Å². The minimum atomic E-state index is -0.634. The van der Waals surface area contributed by atoms with Gasteiger partial charge in [0.2, 0.25) is 0 Å². The predicted octanol–water partition coefficient (Wildman–Crippen LogP) is 1.67. The lowest BCUT2D eigenvalue weighted by atomic mass is 10.1. The smallest absolute Gasteiger partial charge is 0.108 e. The molecule has 60 valence electrons. The first-order chi connectivity index (χ1) is 4.81. The summed E-state index contributed by atoms with van der Waals surface area (Å²) in [4.78, 5) is 0. The number of unbranched alkanes of at least 4 members (excludes halogenated alkanes) is 3. The van der Waals surface area contributed by atoms with Gasteiger partial charge in [-0.15, -0.1) is 0 Å². The van der Waals surface area contributed by atoms with Gasteiger partial charge in [0.05, 0.1) is 6.10 Å². The van der Waals surface area contributed by atoms with Crippen LogP contribution in [-0.4, -0.2) is 16.3 Å². The van der Waals surface area contributed by atoms with E-state index in [0.29, 0.717) is 6.42 Å². The second-order valence-electron chi connectivity index (χ2n) is 2.42. The maximum absolute atomic E-state index is 8.84. The zero-order chi connectivity index (χ0) is 7.82. The van der Waals surface area contributed by atoms with Crippen LogP contribution in [0, 0.1) is 13.5 Å². The minimum absolute atomic E-state index is 0.634. The lowest BCUT2D eigenvalue weighted by Gasteiger charge is -2.04. The van der Waals surface area contributed by atoms with Crippen LogP contribution >= 0.6 is 0 Å². The molecular formula is C8H16O2. The van der Waals surface area contributed by atoms with Crippen LogP contribution in [0.4, 0.5) is 0 Å². The van der Waals surface area contributed by atoms with E-state index in [0.717, 1.165) is 32.3 Å². The van der Waals surface area contributed by atoms with Gasteiger partial charge in [0.25, 0.3) is 0 Å². The summed E-state index contributed by atoms with van der Waals surface area (Å²) in [6.07, 6.45) is 4.15. The summed E-state index contributed by atoms with van der Waals surface area (Å²) < 4.78 is 0. The molecule has 0 aromatic heterocycles. The Morgan fingerprint density at radius 3 is 2.50 bits per heavy atom. The fourth-order valence-electron chi connectivity index (χ4n) is 0.782. The molecule has 0 aliphatic rings. The first-order valence-corrected chi connectivity index (χ1v) is 3.76. The number of hydrogen-bond donors (Lipinski definition) is 2. The van der Waals surface area contributed by atoms with Gasteiger partial charge in [-0.05, 0) is 6.42 Å². The SMILES string of the molecule is [CH2]CCCCCC(O)[CH]O. The zero-order valence-corrected chi connectivity index (χ0v) is 6.29. The fraction of sp³-hybridized carbons (Fsp3) is 0.750. The van der Waals surface area contributed by atoms with Gasteiger partial charge in [0, 0.05) is 0 Å². The Morgan fingerprint density at radius 2 is 2.00 bits per heavy atom. The summed E-state index contributed by atoms with van der Waals surface area (Å²) in [5.74, 6) is 0. The number of aliphatic hydroxyl groups excluding tert-OH is 2. The largest absolute Gasteiger partial charge is 0.390 e. The average molecular weight is 144 g/mol. The molecule has 2 nitrogen and oxygen atoms in total. The molecule has 10 heavy (non-hydrogen) atoms. The van der Waals surface area contributed by atoms with Crippen LogP contribution in [0.1, 0.15) is 32.1 Å². The van der Waals surface area contributed by atoms with Crippen LogP contribution in [0.5, 0.6) is 0 Å². The maximum Gasteiger partial charge on any atom is 0.108 e. The Kier molecular flexibility index (Phi) is 6.98.